The first-order valence-electron chi connectivity index (χ1n) is 6.67. The first-order valence-corrected chi connectivity index (χ1v) is 6.67. The molecule has 1 fully saturated rings. The maximum atomic E-state index is 11.9. The molecule has 2 rings (SSSR count). The quantitative estimate of drug-likeness (QED) is 0.828. The van der Waals surface area contributed by atoms with Crippen molar-refractivity contribution in [3.05, 3.63) is 23.9 Å². The van der Waals surface area contributed by atoms with Crippen LogP contribution in [0.2, 0.25) is 0 Å². The van der Waals surface area contributed by atoms with E-state index in [1.165, 1.54) is 12.8 Å². The minimum Gasteiger partial charge on any atom is -0.383 e. The summed E-state index contributed by atoms with van der Waals surface area (Å²) < 4.78 is 0. The number of carbonyl (C=O) groups is 1. The largest absolute Gasteiger partial charge is 0.383 e. The number of hydrogen-bond acceptors (Lipinski definition) is 4. The number of nitrogens with one attached hydrogen (secondary N) is 1. The molecule has 0 unspecified atom stereocenters. The van der Waals surface area contributed by atoms with E-state index in [1.807, 2.05) is 12.1 Å². The number of Topliss-reactive ketones (excluding diaryl/α,β-unsaturated/α-hetero) is 1. The molecule has 0 spiro atoms. The molecule has 4 nitrogen and oxygen atoms in total. The van der Waals surface area contributed by atoms with Gasteiger partial charge in [0.15, 0.2) is 0 Å². The van der Waals surface area contributed by atoms with Crippen LogP contribution in [0.3, 0.4) is 0 Å². The van der Waals surface area contributed by atoms with Gasteiger partial charge in [0.1, 0.15) is 11.6 Å². The Balaban J connectivity index is 1.76. The number of hydrogen-bond donors (Lipinski definition) is 2. The van der Waals surface area contributed by atoms with Crippen molar-refractivity contribution >= 4 is 11.6 Å². The highest BCUT2D eigenvalue weighted by Crippen LogP contribution is 2.19. The lowest BCUT2D eigenvalue weighted by molar-refractivity contribution is -0.118. The molecule has 0 aliphatic carbocycles. The van der Waals surface area contributed by atoms with Gasteiger partial charge in [-0.05, 0) is 44.3 Å². The van der Waals surface area contributed by atoms with Crippen LogP contribution in [0.1, 0.15) is 31.2 Å². The minimum absolute atomic E-state index is 0.272. The number of nitrogens with two attached hydrogens (primary N) is 1. The monoisotopic (exact) mass is 247 g/mol. The van der Waals surface area contributed by atoms with Gasteiger partial charge in [-0.1, -0.05) is 6.07 Å². The summed E-state index contributed by atoms with van der Waals surface area (Å²) in [6, 6.07) is 3.70. The van der Waals surface area contributed by atoms with Gasteiger partial charge >= 0.3 is 0 Å². The maximum absolute atomic E-state index is 11.9. The van der Waals surface area contributed by atoms with Gasteiger partial charge in [0.25, 0.3) is 0 Å². The van der Waals surface area contributed by atoms with Crippen molar-refractivity contribution in [2.24, 2.45) is 5.92 Å². The van der Waals surface area contributed by atoms with Gasteiger partial charge in [0.2, 0.25) is 0 Å². The smallest absolute Gasteiger partial charge is 0.137 e. The van der Waals surface area contributed by atoms with Gasteiger partial charge in [-0.15, -0.1) is 0 Å². The average molecular weight is 247 g/mol. The van der Waals surface area contributed by atoms with Crippen LogP contribution >= 0.6 is 0 Å². The van der Waals surface area contributed by atoms with E-state index >= 15 is 0 Å². The summed E-state index contributed by atoms with van der Waals surface area (Å²) in [4.78, 5) is 15.9. The summed E-state index contributed by atoms with van der Waals surface area (Å²) >= 11 is 0. The van der Waals surface area contributed by atoms with Gasteiger partial charge in [0, 0.05) is 24.6 Å². The Morgan fingerprint density at radius 3 is 2.94 bits per heavy atom. The fraction of sp³-hybridized carbons (Fsp3) is 0.571. The van der Waals surface area contributed by atoms with E-state index in [0.29, 0.717) is 24.6 Å². The number of carbonyl (C=O) groups excluding carboxylic acids is 1. The molecule has 1 saturated heterocycles. The lowest BCUT2D eigenvalue weighted by Crippen LogP contribution is -2.28. The number of nitrogen functional groups attached to an aromatic ring is 1. The number of aromatic nitrogens is 1. The summed E-state index contributed by atoms with van der Waals surface area (Å²) in [6.07, 6.45) is 6.15. The van der Waals surface area contributed by atoms with Gasteiger partial charge < -0.3 is 11.1 Å². The number of ketones is 1. The molecule has 0 radical (unpaired) electrons. The van der Waals surface area contributed by atoms with Crippen molar-refractivity contribution in [1.82, 2.24) is 10.3 Å². The first-order chi connectivity index (χ1) is 8.75. The summed E-state index contributed by atoms with van der Waals surface area (Å²) in [5, 5.41) is 3.34. The van der Waals surface area contributed by atoms with Crippen LogP contribution in [0.25, 0.3) is 0 Å². The molecule has 1 aliphatic heterocycles. The van der Waals surface area contributed by atoms with E-state index < -0.39 is 0 Å². The Morgan fingerprint density at radius 2 is 2.22 bits per heavy atom. The summed E-state index contributed by atoms with van der Waals surface area (Å²) in [7, 11) is 0. The van der Waals surface area contributed by atoms with Crippen molar-refractivity contribution in [3.63, 3.8) is 0 Å². The highest BCUT2D eigenvalue weighted by Gasteiger charge is 2.15. The molecule has 0 atom stereocenters. The van der Waals surface area contributed by atoms with Crippen LogP contribution < -0.4 is 11.1 Å². The summed E-state index contributed by atoms with van der Waals surface area (Å²) in [6.45, 7) is 2.18. The van der Waals surface area contributed by atoms with Crippen LogP contribution in [-0.2, 0) is 11.2 Å². The molecule has 3 N–H and O–H groups in total. The maximum Gasteiger partial charge on any atom is 0.137 e. The van der Waals surface area contributed by atoms with Crippen molar-refractivity contribution in [1.29, 1.82) is 0 Å². The molecule has 1 aliphatic rings. The molecule has 0 bridgehead atoms. The van der Waals surface area contributed by atoms with Crippen LogP contribution in [-0.4, -0.2) is 23.9 Å². The van der Waals surface area contributed by atoms with E-state index in [9.17, 15) is 4.79 Å². The number of piperidine rings is 1. The molecule has 2 heterocycles. The second-order valence-corrected chi connectivity index (χ2v) is 5.00. The van der Waals surface area contributed by atoms with Crippen LogP contribution in [0.15, 0.2) is 18.3 Å². The van der Waals surface area contributed by atoms with Gasteiger partial charge in [-0.2, -0.15) is 0 Å². The molecule has 0 saturated carbocycles. The molecular weight excluding hydrogens is 226 g/mol. The van der Waals surface area contributed by atoms with E-state index in [2.05, 4.69) is 10.3 Å². The Morgan fingerprint density at radius 1 is 1.44 bits per heavy atom. The van der Waals surface area contributed by atoms with Crippen molar-refractivity contribution < 1.29 is 4.79 Å². The second-order valence-electron chi connectivity index (χ2n) is 5.00. The first kappa shape index (κ1) is 13.0. The lowest BCUT2D eigenvalue weighted by atomic mass is 9.91. The third-order valence-electron chi connectivity index (χ3n) is 3.60. The molecule has 18 heavy (non-hydrogen) atoms. The fourth-order valence-corrected chi connectivity index (χ4v) is 2.44. The molecular formula is C14H21N3O. The van der Waals surface area contributed by atoms with E-state index in [1.54, 1.807) is 6.20 Å². The number of nitrogens with zero attached hydrogens (tertiary/aromatic N) is 1. The predicted molar refractivity (Wildman–Crippen MR) is 72.2 cm³/mol. The van der Waals surface area contributed by atoms with E-state index in [4.69, 9.17) is 5.73 Å². The van der Waals surface area contributed by atoms with Crippen molar-refractivity contribution in [2.45, 2.75) is 32.1 Å². The summed E-state index contributed by atoms with van der Waals surface area (Å²) in [5.74, 6) is 1.46. The Hall–Kier alpha value is -1.42. The van der Waals surface area contributed by atoms with Crippen molar-refractivity contribution in [3.8, 4) is 0 Å². The van der Waals surface area contributed by atoms with E-state index in [-0.39, 0.29) is 5.78 Å². The van der Waals surface area contributed by atoms with Crippen LogP contribution in [0, 0.1) is 5.92 Å². The predicted octanol–water partition coefficient (Wildman–Crippen LogP) is 1.56. The van der Waals surface area contributed by atoms with Crippen molar-refractivity contribution in [2.75, 3.05) is 18.8 Å². The third-order valence-corrected chi connectivity index (χ3v) is 3.60. The molecule has 0 aromatic carbocycles. The Kier molecular flexibility index (Phi) is 4.70. The standard InChI is InChI=1S/C14H21N3O/c15-14-12(2-1-7-17-14)10-13(18)4-3-11-5-8-16-9-6-11/h1-2,7,11,16H,3-6,8-10H2,(H2,15,17). The number of anilines is 1. The normalized spacial score (nSPS) is 16.7. The third kappa shape index (κ3) is 3.81. The molecule has 1 aromatic heterocycles. The molecule has 0 amide bonds. The number of rotatable bonds is 5. The van der Waals surface area contributed by atoms with E-state index in [0.717, 1.165) is 25.1 Å². The Labute approximate surface area is 108 Å². The zero-order valence-electron chi connectivity index (χ0n) is 10.7. The number of pyridine rings is 1. The minimum atomic E-state index is 0.272. The second kappa shape index (κ2) is 6.50. The molecule has 1 aromatic rings. The SMILES string of the molecule is Nc1ncccc1CC(=O)CCC1CCNCC1. The highest BCUT2D eigenvalue weighted by atomic mass is 16.1. The molecule has 4 heteroatoms. The highest BCUT2D eigenvalue weighted by molar-refractivity contribution is 5.81. The van der Waals surface area contributed by atoms with Crippen LogP contribution in [0.5, 0.6) is 0 Å². The van der Waals surface area contributed by atoms with Gasteiger partial charge in [-0.3, -0.25) is 4.79 Å². The van der Waals surface area contributed by atoms with Gasteiger partial charge in [0.05, 0.1) is 0 Å². The van der Waals surface area contributed by atoms with Gasteiger partial charge in [-0.25, -0.2) is 4.98 Å². The summed E-state index contributed by atoms with van der Waals surface area (Å²) in [5.41, 5.74) is 6.59. The average Bonchev–Trinajstić information content (AvgIpc) is 2.40. The zero-order chi connectivity index (χ0) is 12.8. The van der Waals surface area contributed by atoms with Crippen LogP contribution in [0.4, 0.5) is 5.82 Å². The zero-order valence-corrected chi connectivity index (χ0v) is 10.7. The lowest BCUT2D eigenvalue weighted by Gasteiger charge is -2.22. The molecule has 98 valence electrons. The fourth-order valence-electron chi connectivity index (χ4n) is 2.44. The topological polar surface area (TPSA) is 68.0 Å². The Bertz CT molecular complexity index is 400.